The van der Waals surface area contributed by atoms with Crippen LogP contribution in [0.1, 0.15) is 31.9 Å². The van der Waals surface area contributed by atoms with Gasteiger partial charge in [0.25, 0.3) is 0 Å². The van der Waals surface area contributed by atoms with E-state index in [-0.39, 0.29) is 10.7 Å². The van der Waals surface area contributed by atoms with Gasteiger partial charge in [0, 0.05) is 20.2 Å². The highest BCUT2D eigenvalue weighted by Gasteiger charge is 2.22. The molecule has 3 nitrogen and oxygen atoms in total. The lowest BCUT2D eigenvalue weighted by Crippen LogP contribution is -2.15. The number of hydrogen-bond acceptors (Lipinski definition) is 4. The molecule has 0 heterocycles. The van der Waals surface area contributed by atoms with Crippen LogP contribution in [0, 0.1) is 0 Å². The number of benzene rings is 3. The summed E-state index contributed by atoms with van der Waals surface area (Å²) in [5.41, 5.74) is 3.03. The van der Waals surface area contributed by atoms with Crippen LogP contribution in [-0.4, -0.2) is 18.8 Å². The number of rotatable bonds is 9. The van der Waals surface area contributed by atoms with E-state index in [1.54, 1.807) is 30.6 Å². The zero-order valence-electron chi connectivity index (χ0n) is 18.5. The third kappa shape index (κ3) is 6.81. The SMILES string of the molecule is CCSc1ccc(CC(=O)Nc2ccc(C(C)(C)Sc3cccc(OC)c3)cc2)cc1. The van der Waals surface area contributed by atoms with Gasteiger partial charge in [-0.15, -0.1) is 23.5 Å². The number of ether oxygens (including phenoxy) is 1. The lowest BCUT2D eigenvalue weighted by atomic mass is 10.0. The molecule has 0 atom stereocenters. The van der Waals surface area contributed by atoms with Crippen LogP contribution >= 0.6 is 23.5 Å². The molecule has 3 aromatic rings. The number of thioether (sulfide) groups is 2. The molecule has 1 amide bonds. The summed E-state index contributed by atoms with van der Waals surface area (Å²) >= 11 is 3.59. The summed E-state index contributed by atoms with van der Waals surface area (Å²) < 4.78 is 5.21. The quantitative estimate of drug-likeness (QED) is 0.355. The minimum absolute atomic E-state index is 0.00587. The van der Waals surface area contributed by atoms with Gasteiger partial charge in [-0.3, -0.25) is 4.79 Å². The fourth-order valence-electron chi connectivity index (χ4n) is 3.23. The van der Waals surface area contributed by atoms with E-state index in [9.17, 15) is 4.79 Å². The van der Waals surface area contributed by atoms with Gasteiger partial charge in [-0.05, 0) is 73.2 Å². The van der Waals surface area contributed by atoms with Gasteiger partial charge in [-0.2, -0.15) is 0 Å². The Morgan fingerprint density at radius 1 is 0.968 bits per heavy atom. The van der Waals surface area contributed by atoms with E-state index in [2.05, 4.69) is 62.5 Å². The third-order valence-corrected chi connectivity index (χ3v) is 7.01. The normalized spacial score (nSPS) is 11.2. The lowest BCUT2D eigenvalue weighted by Gasteiger charge is -2.25. The van der Waals surface area contributed by atoms with Gasteiger partial charge < -0.3 is 10.1 Å². The van der Waals surface area contributed by atoms with Crippen molar-refractivity contribution in [1.82, 2.24) is 0 Å². The highest BCUT2D eigenvalue weighted by molar-refractivity contribution is 8.00. The van der Waals surface area contributed by atoms with Crippen LogP contribution in [0.4, 0.5) is 5.69 Å². The van der Waals surface area contributed by atoms with Crippen LogP contribution in [0.3, 0.4) is 0 Å². The van der Waals surface area contributed by atoms with Gasteiger partial charge in [0.15, 0.2) is 0 Å². The minimum Gasteiger partial charge on any atom is -0.497 e. The maximum atomic E-state index is 12.4. The van der Waals surface area contributed by atoms with E-state index in [1.165, 1.54) is 10.5 Å². The summed E-state index contributed by atoms with van der Waals surface area (Å²) in [4.78, 5) is 14.8. The summed E-state index contributed by atoms with van der Waals surface area (Å²) in [6.07, 6.45) is 0.371. The van der Waals surface area contributed by atoms with Crippen molar-refractivity contribution < 1.29 is 9.53 Å². The summed E-state index contributed by atoms with van der Waals surface area (Å²) in [6.45, 7) is 6.53. The molecule has 5 heteroatoms. The molecule has 0 saturated carbocycles. The van der Waals surface area contributed by atoms with Gasteiger partial charge in [-0.1, -0.05) is 37.3 Å². The molecule has 162 valence electrons. The van der Waals surface area contributed by atoms with Crippen LogP contribution in [-0.2, 0) is 16.0 Å². The van der Waals surface area contributed by atoms with Crippen LogP contribution < -0.4 is 10.1 Å². The van der Waals surface area contributed by atoms with Crippen molar-refractivity contribution in [1.29, 1.82) is 0 Å². The first-order chi connectivity index (χ1) is 14.9. The Hall–Kier alpha value is -2.37. The zero-order chi connectivity index (χ0) is 22.3. The Balaban J connectivity index is 1.60. The number of carbonyl (C=O) groups is 1. The van der Waals surface area contributed by atoms with Gasteiger partial charge in [0.2, 0.25) is 5.91 Å². The Morgan fingerprint density at radius 3 is 2.32 bits per heavy atom. The van der Waals surface area contributed by atoms with Gasteiger partial charge in [0.05, 0.1) is 13.5 Å². The van der Waals surface area contributed by atoms with Crippen LogP contribution in [0.25, 0.3) is 0 Å². The smallest absolute Gasteiger partial charge is 0.228 e. The molecular formula is C26H29NO2S2. The molecule has 3 aromatic carbocycles. The Bertz CT molecular complexity index is 999. The molecule has 1 N–H and O–H groups in total. The molecule has 3 rings (SSSR count). The third-order valence-electron chi connectivity index (χ3n) is 4.88. The molecule has 0 aliphatic carbocycles. The molecule has 0 radical (unpaired) electrons. The Morgan fingerprint density at radius 2 is 1.68 bits per heavy atom. The van der Waals surface area contributed by atoms with Crippen molar-refractivity contribution in [3.05, 3.63) is 83.9 Å². The molecule has 0 spiro atoms. The zero-order valence-corrected chi connectivity index (χ0v) is 20.1. The second kappa shape index (κ2) is 10.8. The van der Waals surface area contributed by atoms with Crippen molar-refractivity contribution in [2.45, 2.75) is 41.7 Å². The fraction of sp³-hybridized carbons (Fsp3) is 0.269. The minimum atomic E-state index is -0.118. The first-order valence-corrected chi connectivity index (χ1v) is 12.1. The van der Waals surface area contributed by atoms with Crippen molar-refractivity contribution in [2.24, 2.45) is 0 Å². The molecule has 0 aliphatic rings. The number of hydrogen-bond donors (Lipinski definition) is 1. The van der Waals surface area contributed by atoms with E-state index in [1.807, 2.05) is 36.4 Å². The number of amides is 1. The van der Waals surface area contributed by atoms with Crippen molar-refractivity contribution in [3.8, 4) is 5.75 Å². The van der Waals surface area contributed by atoms with Gasteiger partial charge in [0.1, 0.15) is 5.75 Å². The molecule has 0 fully saturated rings. The monoisotopic (exact) mass is 451 g/mol. The van der Waals surface area contributed by atoms with E-state index in [0.29, 0.717) is 6.42 Å². The lowest BCUT2D eigenvalue weighted by molar-refractivity contribution is -0.115. The number of anilines is 1. The van der Waals surface area contributed by atoms with Crippen LogP contribution in [0.15, 0.2) is 82.6 Å². The molecule has 0 bridgehead atoms. The highest BCUT2D eigenvalue weighted by atomic mass is 32.2. The topological polar surface area (TPSA) is 38.3 Å². The second-order valence-electron chi connectivity index (χ2n) is 7.67. The van der Waals surface area contributed by atoms with Gasteiger partial charge in [-0.25, -0.2) is 0 Å². The standard InChI is InChI=1S/C26H29NO2S2/c1-5-30-23-15-9-19(10-16-23)17-25(28)27-21-13-11-20(12-14-21)26(2,3)31-24-8-6-7-22(18-24)29-4/h6-16,18H,5,17H2,1-4H3,(H,27,28). The van der Waals surface area contributed by atoms with E-state index >= 15 is 0 Å². The maximum absolute atomic E-state index is 12.4. The van der Waals surface area contributed by atoms with Crippen molar-refractivity contribution in [2.75, 3.05) is 18.2 Å². The van der Waals surface area contributed by atoms with Crippen molar-refractivity contribution in [3.63, 3.8) is 0 Å². The highest BCUT2D eigenvalue weighted by Crippen LogP contribution is 2.41. The predicted octanol–water partition coefficient (Wildman–Crippen LogP) is 7.02. The molecular weight excluding hydrogens is 422 g/mol. The molecule has 0 saturated heterocycles. The van der Waals surface area contributed by atoms with E-state index in [4.69, 9.17) is 4.74 Å². The Kier molecular flexibility index (Phi) is 8.10. The van der Waals surface area contributed by atoms with Crippen molar-refractivity contribution >= 4 is 35.1 Å². The molecule has 0 unspecified atom stereocenters. The number of methoxy groups -OCH3 is 1. The first-order valence-electron chi connectivity index (χ1n) is 10.3. The summed E-state index contributed by atoms with van der Waals surface area (Å²) in [7, 11) is 1.68. The van der Waals surface area contributed by atoms with Crippen LogP contribution in [0.2, 0.25) is 0 Å². The summed E-state index contributed by atoms with van der Waals surface area (Å²) in [5.74, 6) is 1.90. The fourth-order valence-corrected chi connectivity index (χ4v) is 5.06. The number of carbonyl (C=O) groups excluding carboxylic acids is 1. The van der Waals surface area contributed by atoms with Gasteiger partial charge >= 0.3 is 0 Å². The summed E-state index contributed by atoms with van der Waals surface area (Å²) in [6, 6.07) is 24.4. The van der Waals surface area contributed by atoms with E-state index < -0.39 is 0 Å². The largest absolute Gasteiger partial charge is 0.497 e. The average Bonchev–Trinajstić information content (AvgIpc) is 2.75. The molecule has 0 aromatic heterocycles. The summed E-state index contributed by atoms with van der Waals surface area (Å²) in [5, 5.41) is 3.01. The van der Waals surface area contributed by atoms with Crippen LogP contribution in [0.5, 0.6) is 5.75 Å². The second-order valence-corrected chi connectivity index (χ2v) is 10.7. The average molecular weight is 452 g/mol. The molecule has 31 heavy (non-hydrogen) atoms. The molecule has 0 aliphatic heterocycles. The predicted molar refractivity (Wildman–Crippen MR) is 133 cm³/mol. The maximum Gasteiger partial charge on any atom is 0.228 e. The first kappa shape index (κ1) is 23.3. The van der Waals surface area contributed by atoms with E-state index in [0.717, 1.165) is 27.6 Å². The Labute approximate surface area is 194 Å². The number of nitrogens with one attached hydrogen (secondary N) is 1.